The summed E-state index contributed by atoms with van der Waals surface area (Å²) in [6.45, 7) is 5.31. The Morgan fingerprint density at radius 3 is 2.25 bits per heavy atom. The number of halogens is 1. The second kappa shape index (κ2) is 13.1. The Hall–Kier alpha value is -2.09. The molecule has 0 fully saturated rings. The molecule has 0 heterocycles. The van der Waals surface area contributed by atoms with E-state index in [0.717, 1.165) is 36.6 Å². The number of aliphatic imine (C=N–C) groups is 1. The van der Waals surface area contributed by atoms with Gasteiger partial charge in [-0.15, -0.1) is 24.0 Å². The molecule has 0 saturated heterocycles. The SMILES string of the molecule is CN=C(NCCCc1ccccc1)NCc1ccc(NC(=O)C(C)C)cc1.I. The fraction of sp³-hybridized carbons (Fsp3) is 0.364. The van der Waals surface area contributed by atoms with E-state index < -0.39 is 0 Å². The van der Waals surface area contributed by atoms with Gasteiger partial charge in [0.05, 0.1) is 0 Å². The molecule has 0 aliphatic heterocycles. The van der Waals surface area contributed by atoms with Crippen LogP contribution >= 0.6 is 24.0 Å². The van der Waals surface area contributed by atoms with Crippen molar-refractivity contribution in [3.63, 3.8) is 0 Å². The lowest BCUT2D eigenvalue weighted by Gasteiger charge is -2.13. The van der Waals surface area contributed by atoms with E-state index in [4.69, 9.17) is 0 Å². The van der Waals surface area contributed by atoms with Crippen molar-refractivity contribution in [2.45, 2.75) is 33.2 Å². The molecule has 0 aliphatic carbocycles. The van der Waals surface area contributed by atoms with Crippen LogP contribution in [0.2, 0.25) is 0 Å². The van der Waals surface area contributed by atoms with Crippen LogP contribution in [0.4, 0.5) is 5.69 Å². The first-order chi connectivity index (χ1) is 13.1. The van der Waals surface area contributed by atoms with Gasteiger partial charge < -0.3 is 16.0 Å². The third-order valence-corrected chi connectivity index (χ3v) is 4.21. The molecule has 3 N–H and O–H groups in total. The van der Waals surface area contributed by atoms with Gasteiger partial charge in [0, 0.05) is 31.7 Å². The van der Waals surface area contributed by atoms with Crippen LogP contribution in [0.15, 0.2) is 59.6 Å². The highest BCUT2D eigenvalue weighted by atomic mass is 127. The molecule has 0 bridgehead atoms. The molecule has 6 heteroatoms. The van der Waals surface area contributed by atoms with Crippen molar-refractivity contribution in [2.24, 2.45) is 10.9 Å². The number of aryl methyl sites for hydroxylation is 1. The lowest BCUT2D eigenvalue weighted by atomic mass is 10.1. The van der Waals surface area contributed by atoms with Crippen molar-refractivity contribution >= 4 is 41.5 Å². The summed E-state index contributed by atoms with van der Waals surface area (Å²) < 4.78 is 0. The van der Waals surface area contributed by atoms with Gasteiger partial charge in [-0.3, -0.25) is 9.79 Å². The summed E-state index contributed by atoms with van der Waals surface area (Å²) in [5, 5.41) is 9.55. The van der Waals surface area contributed by atoms with Gasteiger partial charge in [-0.25, -0.2) is 0 Å². The number of carbonyl (C=O) groups excluding carboxylic acids is 1. The van der Waals surface area contributed by atoms with Gasteiger partial charge in [0.25, 0.3) is 0 Å². The highest BCUT2D eigenvalue weighted by molar-refractivity contribution is 14.0. The van der Waals surface area contributed by atoms with E-state index in [1.54, 1.807) is 7.05 Å². The summed E-state index contributed by atoms with van der Waals surface area (Å²) in [6, 6.07) is 18.3. The number of nitrogens with one attached hydrogen (secondary N) is 3. The van der Waals surface area contributed by atoms with Crippen molar-refractivity contribution in [3.8, 4) is 0 Å². The van der Waals surface area contributed by atoms with Crippen LogP contribution in [0.1, 0.15) is 31.4 Å². The first-order valence-electron chi connectivity index (χ1n) is 9.46. The Kier molecular flexibility index (Phi) is 11.2. The Bertz CT molecular complexity index is 730. The van der Waals surface area contributed by atoms with Crippen LogP contribution in [0, 0.1) is 5.92 Å². The molecule has 0 spiro atoms. The minimum atomic E-state index is -0.0253. The van der Waals surface area contributed by atoms with E-state index in [-0.39, 0.29) is 35.8 Å². The second-order valence-corrected chi connectivity index (χ2v) is 6.78. The van der Waals surface area contributed by atoms with Gasteiger partial charge in [0.15, 0.2) is 5.96 Å². The molecule has 0 unspecified atom stereocenters. The predicted octanol–water partition coefficient (Wildman–Crippen LogP) is 4.20. The molecule has 0 saturated carbocycles. The molecule has 28 heavy (non-hydrogen) atoms. The van der Waals surface area contributed by atoms with Crippen LogP contribution in [-0.4, -0.2) is 25.5 Å². The zero-order valence-corrected chi connectivity index (χ0v) is 19.2. The van der Waals surface area contributed by atoms with Gasteiger partial charge >= 0.3 is 0 Å². The smallest absolute Gasteiger partial charge is 0.226 e. The fourth-order valence-corrected chi connectivity index (χ4v) is 2.54. The maximum absolute atomic E-state index is 11.7. The Morgan fingerprint density at radius 2 is 1.64 bits per heavy atom. The van der Waals surface area contributed by atoms with E-state index >= 15 is 0 Å². The van der Waals surface area contributed by atoms with Crippen molar-refractivity contribution in [2.75, 3.05) is 18.9 Å². The van der Waals surface area contributed by atoms with Crippen molar-refractivity contribution in [3.05, 3.63) is 65.7 Å². The summed E-state index contributed by atoms with van der Waals surface area (Å²) in [4.78, 5) is 16.0. The van der Waals surface area contributed by atoms with Gasteiger partial charge in [-0.1, -0.05) is 56.3 Å². The number of carbonyl (C=O) groups is 1. The van der Waals surface area contributed by atoms with E-state index in [1.807, 2.05) is 44.2 Å². The predicted molar refractivity (Wildman–Crippen MR) is 128 cm³/mol. The molecule has 152 valence electrons. The van der Waals surface area contributed by atoms with Crippen molar-refractivity contribution < 1.29 is 4.79 Å². The average molecular weight is 494 g/mol. The summed E-state index contributed by atoms with van der Waals surface area (Å²) in [5.74, 6) is 0.795. The zero-order valence-electron chi connectivity index (χ0n) is 16.9. The van der Waals surface area contributed by atoms with Gasteiger partial charge in [0.1, 0.15) is 0 Å². The minimum Gasteiger partial charge on any atom is -0.356 e. The number of hydrogen-bond acceptors (Lipinski definition) is 2. The van der Waals surface area contributed by atoms with Crippen LogP contribution in [0.25, 0.3) is 0 Å². The Balaban J connectivity index is 0.00000392. The maximum Gasteiger partial charge on any atom is 0.226 e. The molecule has 1 amide bonds. The first-order valence-corrected chi connectivity index (χ1v) is 9.46. The average Bonchev–Trinajstić information content (AvgIpc) is 2.69. The van der Waals surface area contributed by atoms with Gasteiger partial charge in [-0.05, 0) is 36.1 Å². The number of amides is 1. The fourth-order valence-electron chi connectivity index (χ4n) is 2.54. The molecule has 5 nitrogen and oxygen atoms in total. The van der Waals surface area contributed by atoms with E-state index in [2.05, 4.69) is 45.2 Å². The van der Waals surface area contributed by atoms with Crippen molar-refractivity contribution in [1.82, 2.24) is 10.6 Å². The van der Waals surface area contributed by atoms with E-state index in [1.165, 1.54) is 5.56 Å². The van der Waals surface area contributed by atoms with Crippen LogP contribution in [0.5, 0.6) is 0 Å². The van der Waals surface area contributed by atoms with E-state index in [0.29, 0.717) is 6.54 Å². The van der Waals surface area contributed by atoms with Crippen LogP contribution in [-0.2, 0) is 17.8 Å². The van der Waals surface area contributed by atoms with Crippen molar-refractivity contribution in [1.29, 1.82) is 0 Å². The Morgan fingerprint density at radius 1 is 0.964 bits per heavy atom. The number of benzene rings is 2. The molecule has 2 aromatic rings. The lowest BCUT2D eigenvalue weighted by Crippen LogP contribution is -2.37. The summed E-state index contributed by atoms with van der Waals surface area (Å²) in [7, 11) is 1.77. The summed E-state index contributed by atoms with van der Waals surface area (Å²) >= 11 is 0. The zero-order chi connectivity index (χ0) is 19.5. The second-order valence-electron chi connectivity index (χ2n) is 6.78. The number of anilines is 1. The number of guanidine groups is 1. The normalized spacial score (nSPS) is 10.9. The highest BCUT2D eigenvalue weighted by Gasteiger charge is 2.06. The minimum absolute atomic E-state index is 0. The Labute approximate surface area is 185 Å². The molecule has 0 aliphatic rings. The summed E-state index contributed by atoms with van der Waals surface area (Å²) in [6.07, 6.45) is 2.10. The number of rotatable bonds is 8. The number of nitrogens with zero attached hydrogens (tertiary/aromatic N) is 1. The molecule has 0 atom stereocenters. The van der Waals surface area contributed by atoms with Crippen LogP contribution < -0.4 is 16.0 Å². The monoisotopic (exact) mass is 494 g/mol. The quantitative estimate of drug-likeness (QED) is 0.223. The largest absolute Gasteiger partial charge is 0.356 e. The van der Waals surface area contributed by atoms with Crippen LogP contribution in [0.3, 0.4) is 0 Å². The first kappa shape index (κ1) is 23.9. The third-order valence-electron chi connectivity index (χ3n) is 4.21. The molecule has 0 radical (unpaired) electrons. The number of hydrogen-bond donors (Lipinski definition) is 3. The molecule has 0 aromatic heterocycles. The topological polar surface area (TPSA) is 65.5 Å². The molecular weight excluding hydrogens is 463 g/mol. The summed E-state index contributed by atoms with van der Waals surface area (Å²) in [5.41, 5.74) is 3.30. The molecule has 2 rings (SSSR count). The lowest BCUT2D eigenvalue weighted by molar-refractivity contribution is -0.118. The maximum atomic E-state index is 11.7. The standard InChI is InChI=1S/C22H30N4O.HI/c1-17(2)21(27)26-20-13-11-19(12-14-20)16-25-22(23-3)24-15-7-10-18-8-5-4-6-9-18;/h4-6,8-9,11-14,17H,7,10,15-16H2,1-3H3,(H,26,27)(H2,23,24,25);1H. The van der Waals surface area contributed by atoms with Gasteiger partial charge in [-0.2, -0.15) is 0 Å². The van der Waals surface area contributed by atoms with Gasteiger partial charge in [0.2, 0.25) is 5.91 Å². The van der Waals surface area contributed by atoms with E-state index in [9.17, 15) is 4.79 Å². The molecule has 2 aromatic carbocycles. The highest BCUT2D eigenvalue weighted by Crippen LogP contribution is 2.11. The molecular formula is C22H31IN4O. The third kappa shape index (κ3) is 8.73.